The van der Waals surface area contributed by atoms with Gasteiger partial charge in [-0.05, 0) is 48.5 Å². The van der Waals surface area contributed by atoms with Gasteiger partial charge < -0.3 is 19.2 Å². The molecule has 9 heteroatoms. The second-order valence-electron chi connectivity index (χ2n) is 6.25. The van der Waals surface area contributed by atoms with E-state index < -0.39 is 10.0 Å². The van der Waals surface area contributed by atoms with Crippen LogP contribution >= 0.6 is 0 Å². The standard InChI is InChI=1S/C21H22N2O6S/c1-27-12-13-29-18-5-2-4-17(14-18)23-21(24)16-7-9-20(10-8-16)30(25,26)22-15-19-6-3-11-28-19/h2-11,14,22H,12-13,15H2,1H3,(H,23,24). The Hall–Kier alpha value is -3.14. The van der Waals surface area contributed by atoms with Crippen LogP contribution in [0.3, 0.4) is 0 Å². The lowest BCUT2D eigenvalue weighted by Crippen LogP contribution is -2.23. The zero-order chi connectivity index (χ0) is 21.4. The van der Waals surface area contributed by atoms with Gasteiger partial charge in [-0.25, -0.2) is 13.1 Å². The van der Waals surface area contributed by atoms with Gasteiger partial charge in [0.15, 0.2) is 0 Å². The summed E-state index contributed by atoms with van der Waals surface area (Å²) in [5.41, 5.74) is 0.886. The molecule has 0 aliphatic rings. The number of methoxy groups -OCH3 is 1. The van der Waals surface area contributed by atoms with Gasteiger partial charge in [0.25, 0.3) is 5.91 Å². The molecule has 1 heterocycles. The average molecular weight is 430 g/mol. The molecule has 0 saturated heterocycles. The quantitative estimate of drug-likeness (QED) is 0.479. The Balaban J connectivity index is 1.61. The molecule has 2 N–H and O–H groups in total. The molecular formula is C21H22N2O6S. The Bertz CT molecular complexity index is 1060. The summed E-state index contributed by atoms with van der Waals surface area (Å²) in [5, 5.41) is 2.76. The summed E-state index contributed by atoms with van der Waals surface area (Å²) in [5.74, 6) is 0.744. The Morgan fingerprint density at radius 3 is 2.53 bits per heavy atom. The SMILES string of the molecule is COCCOc1cccc(NC(=O)c2ccc(S(=O)(=O)NCc3ccco3)cc2)c1. The number of benzene rings is 2. The van der Waals surface area contributed by atoms with Crippen LogP contribution in [0.4, 0.5) is 5.69 Å². The van der Waals surface area contributed by atoms with E-state index >= 15 is 0 Å². The molecular weight excluding hydrogens is 408 g/mol. The predicted molar refractivity (Wildman–Crippen MR) is 111 cm³/mol. The van der Waals surface area contributed by atoms with E-state index in [1.54, 1.807) is 43.5 Å². The summed E-state index contributed by atoms with van der Waals surface area (Å²) in [7, 11) is -2.13. The predicted octanol–water partition coefficient (Wildman–Crippen LogP) is 3.04. The number of carbonyl (C=O) groups excluding carboxylic acids is 1. The van der Waals surface area contributed by atoms with Gasteiger partial charge in [-0.3, -0.25) is 4.79 Å². The summed E-state index contributed by atoms with van der Waals surface area (Å²) in [6.45, 7) is 0.903. The normalized spacial score (nSPS) is 11.2. The van der Waals surface area contributed by atoms with Crippen LogP contribution in [0.1, 0.15) is 16.1 Å². The lowest BCUT2D eigenvalue weighted by Gasteiger charge is -2.10. The van der Waals surface area contributed by atoms with Gasteiger partial charge in [-0.2, -0.15) is 0 Å². The molecule has 0 unspecified atom stereocenters. The first-order valence-electron chi connectivity index (χ1n) is 9.13. The monoisotopic (exact) mass is 430 g/mol. The Morgan fingerprint density at radius 1 is 1.03 bits per heavy atom. The molecule has 0 radical (unpaired) electrons. The van der Waals surface area contributed by atoms with Crippen LogP contribution in [0.2, 0.25) is 0 Å². The molecule has 1 aromatic heterocycles. The van der Waals surface area contributed by atoms with Crippen LogP contribution < -0.4 is 14.8 Å². The molecule has 0 aliphatic carbocycles. The lowest BCUT2D eigenvalue weighted by molar-refractivity contribution is 0.102. The van der Waals surface area contributed by atoms with E-state index in [4.69, 9.17) is 13.9 Å². The highest BCUT2D eigenvalue weighted by Crippen LogP contribution is 2.19. The number of ether oxygens (including phenoxy) is 2. The van der Waals surface area contributed by atoms with E-state index in [1.165, 1.54) is 30.5 Å². The first-order chi connectivity index (χ1) is 14.5. The number of sulfonamides is 1. The summed E-state index contributed by atoms with van der Waals surface area (Å²) in [6.07, 6.45) is 1.47. The number of anilines is 1. The third-order valence-electron chi connectivity index (χ3n) is 4.09. The van der Waals surface area contributed by atoms with Gasteiger partial charge in [-0.1, -0.05) is 6.07 Å². The van der Waals surface area contributed by atoms with Gasteiger partial charge in [0.2, 0.25) is 10.0 Å². The Labute approximate surface area is 174 Å². The number of rotatable bonds is 10. The molecule has 8 nitrogen and oxygen atoms in total. The smallest absolute Gasteiger partial charge is 0.255 e. The molecule has 0 fully saturated rings. The van der Waals surface area contributed by atoms with E-state index in [1.807, 2.05) is 0 Å². The Kier molecular flexibility index (Phi) is 7.23. The third-order valence-corrected chi connectivity index (χ3v) is 5.51. The molecule has 0 spiro atoms. The van der Waals surface area contributed by atoms with E-state index in [0.717, 1.165) is 0 Å². The van der Waals surface area contributed by atoms with Crippen LogP contribution in [0, 0.1) is 0 Å². The molecule has 0 aliphatic heterocycles. The van der Waals surface area contributed by atoms with Crippen molar-refractivity contribution < 1.29 is 27.1 Å². The minimum atomic E-state index is -3.72. The Morgan fingerprint density at radius 2 is 1.83 bits per heavy atom. The zero-order valence-corrected chi connectivity index (χ0v) is 17.1. The van der Waals surface area contributed by atoms with Gasteiger partial charge in [0.05, 0.1) is 24.3 Å². The summed E-state index contributed by atoms with van der Waals surface area (Å²) in [6, 6.07) is 16.0. The second-order valence-corrected chi connectivity index (χ2v) is 8.02. The fourth-order valence-electron chi connectivity index (χ4n) is 2.56. The number of amides is 1. The minimum Gasteiger partial charge on any atom is -0.491 e. The van der Waals surface area contributed by atoms with Crippen molar-refractivity contribution in [2.24, 2.45) is 0 Å². The van der Waals surface area contributed by atoms with Crippen molar-refractivity contribution in [1.82, 2.24) is 4.72 Å². The summed E-state index contributed by atoms with van der Waals surface area (Å²) in [4.78, 5) is 12.5. The van der Waals surface area contributed by atoms with Gasteiger partial charge >= 0.3 is 0 Å². The van der Waals surface area contributed by atoms with Crippen LogP contribution in [0.5, 0.6) is 5.75 Å². The summed E-state index contributed by atoms with van der Waals surface area (Å²) >= 11 is 0. The zero-order valence-electron chi connectivity index (χ0n) is 16.3. The van der Waals surface area contributed by atoms with E-state index in [2.05, 4.69) is 10.0 Å². The van der Waals surface area contributed by atoms with Gasteiger partial charge in [0, 0.05) is 24.4 Å². The molecule has 0 saturated carbocycles. The molecule has 3 rings (SSSR count). The van der Waals surface area contributed by atoms with Crippen LogP contribution in [-0.2, 0) is 21.3 Å². The van der Waals surface area contributed by atoms with E-state index in [0.29, 0.717) is 36.0 Å². The van der Waals surface area contributed by atoms with Crippen molar-refractivity contribution >= 4 is 21.6 Å². The maximum atomic E-state index is 12.5. The number of hydrogen-bond acceptors (Lipinski definition) is 6. The molecule has 0 bridgehead atoms. The van der Waals surface area contributed by atoms with E-state index in [9.17, 15) is 13.2 Å². The van der Waals surface area contributed by atoms with Crippen molar-refractivity contribution in [3.8, 4) is 5.75 Å². The second kappa shape index (κ2) is 10.1. The minimum absolute atomic E-state index is 0.0420. The topological polar surface area (TPSA) is 107 Å². The number of furan rings is 1. The number of carbonyl (C=O) groups is 1. The lowest BCUT2D eigenvalue weighted by atomic mass is 10.2. The summed E-state index contributed by atoms with van der Waals surface area (Å²) < 4.78 is 42.8. The van der Waals surface area contributed by atoms with Gasteiger partial charge in [0.1, 0.15) is 18.1 Å². The fourth-order valence-corrected chi connectivity index (χ4v) is 3.55. The van der Waals surface area contributed by atoms with Gasteiger partial charge in [-0.15, -0.1) is 0 Å². The van der Waals surface area contributed by atoms with Crippen LogP contribution in [-0.4, -0.2) is 34.6 Å². The van der Waals surface area contributed by atoms with Crippen molar-refractivity contribution in [2.75, 3.05) is 25.6 Å². The molecule has 158 valence electrons. The maximum absolute atomic E-state index is 12.5. The van der Waals surface area contributed by atoms with Crippen LogP contribution in [0.15, 0.2) is 76.2 Å². The first-order valence-corrected chi connectivity index (χ1v) is 10.6. The van der Waals surface area contributed by atoms with Crippen molar-refractivity contribution in [2.45, 2.75) is 11.4 Å². The van der Waals surface area contributed by atoms with Crippen molar-refractivity contribution in [1.29, 1.82) is 0 Å². The highest BCUT2D eigenvalue weighted by molar-refractivity contribution is 7.89. The first kappa shape index (κ1) is 21.6. The molecule has 1 amide bonds. The third kappa shape index (κ3) is 5.93. The molecule has 3 aromatic rings. The van der Waals surface area contributed by atoms with Crippen molar-refractivity contribution in [3.05, 3.63) is 78.3 Å². The average Bonchev–Trinajstić information content (AvgIpc) is 3.27. The highest BCUT2D eigenvalue weighted by atomic mass is 32.2. The molecule has 0 atom stereocenters. The number of hydrogen-bond donors (Lipinski definition) is 2. The van der Waals surface area contributed by atoms with E-state index in [-0.39, 0.29) is 17.3 Å². The molecule has 2 aromatic carbocycles. The van der Waals surface area contributed by atoms with Crippen LogP contribution in [0.25, 0.3) is 0 Å². The van der Waals surface area contributed by atoms with Crippen molar-refractivity contribution in [3.63, 3.8) is 0 Å². The fraction of sp³-hybridized carbons (Fsp3) is 0.190. The highest BCUT2D eigenvalue weighted by Gasteiger charge is 2.15. The molecule has 30 heavy (non-hydrogen) atoms. The number of nitrogens with one attached hydrogen (secondary N) is 2. The maximum Gasteiger partial charge on any atom is 0.255 e. The largest absolute Gasteiger partial charge is 0.491 e.